The third-order valence-electron chi connectivity index (χ3n) is 2.41. The molecule has 0 atom stereocenters. The average molecular weight is 284 g/mol. The Balaban J connectivity index is 2.11. The summed E-state index contributed by atoms with van der Waals surface area (Å²) in [5.74, 6) is -0.613. The highest BCUT2D eigenvalue weighted by Gasteiger charge is 2.14. The molecule has 0 saturated carbocycles. The summed E-state index contributed by atoms with van der Waals surface area (Å²) in [5.41, 5.74) is 0.133. The van der Waals surface area contributed by atoms with E-state index in [0.717, 1.165) is 30.2 Å². The molecule has 0 unspecified atom stereocenters. The third-order valence-corrected chi connectivity index (χ3v) is 3.39. The predicted octanol–water partition coefficient (Wildman–Crippen LogP) is 3.49. The number of aromatic hydroxyl groups is 1. The van der Waals surface area contributed by atoms with E-state index < -0.39 is 11.9 Å². The van der Waals surface area contributed by atoms with Gasteiger partial charge >= 0.3 is 6.09 Å². The monoisotopic (exact) mass is 284 g/mol. The average Bonchev–Trinajstić information content (AvgIpc) is 2.79. The zero-order valence-corrected chi connectivity index (χ0v) is 11.1. The van der Waals surface area contributed by atoms with Crippen molar-refractivity contribution >= 4 is 32.8 Å². The highest BCUT2D eigenvalue weighted by molar-refractivity contribution is 7.22. The molecule has 1 heterocycles. The second-order valence-corrected chi connectivity index (χ2v) is 4.88. The fourth-order valence-corrected chi connectivity index (χ4v) is 2.33. The van der Waals surface area contributed by atoms with E-state index in [1.54, 1.807) is 0 Å². The molecular weight excluding hydrogens is 271 g/mol. The van der Waals surface area contributed by atoms with Crippen molar-refractivity contribution in [3.63, 3.8) is 0 Å². The lowest BCUT2D eigenvalue weighted by Gasteiger charge is -2.02. The molecule has 1 aromatic carbocycles. The summed E-state index contributed by atoms with van der Waals surface area (Å²) in [4.78, 5) is 15.4. The Bertz CT molecular complexity index is 561. The van der Waals surface area contributed by atoms with Crippen molar-refractivity contribution in [2.24, 2.45) is 0 Å². The number of benzene rings is 1. The highest BCUT2D eigenvalue weighted by atomic mass is 32.1. The van der Waals surface area contributed by atoms with Crippen molar-refractivity contribution in [2.75, 3.05) is 11.9 Å². The summed E-state index contributed by atoms with van der Waals surface area (Å²) in [6.45, 7) is 2.31. The number of fused-ring (bicyclic) bond motifs is 1. The summed E-state index contributed by atoms with van der Waals surface area (Å²) in [6, 6.07) is 2.37. The number of aromatic nitrogens is 1. The number of hydrogen-bond acceptors (Lipinski definition) is 5. The van der Waals surface area contributed by atoms with Crippen LogP contribution in [0.2, 0.25) is 0 Å². The van der Waals surface area contributed by atoms with E-state index in [2.05, 4.69) is 10.3 Å². The number of rotatable bonds is 4. The van der Waals surface area contributed by atoms with Crippen LogP contribution in [0, 0.1) is 5.82 Å². The van der Waals surface area contributed by atoms with Gasteiger partial charge in [-0.05, 0) is 18.6 Å². The lowest BCUT2D eigenvalue weighted by atomic mass is 10.3. The van der Waals surface area contributed by atoms with Crippen LogP contribution >= 0.6 is 11.3 Å². The number of nitrogens with one attached hydrogen (secondary N) is 1. The van der Waals surface area contributed by atoms with Gasteiger partial charge in [-0.3, -0.25) is 5.32 Å². The molecule has 5 nitrogen and oxygen atoms in total. The number of hydrogen-bond donors (Lipinski definition) is 2. The molecule has 0 bridgehead atoms. The topological polar surface area (TPSA) is 71.5 Å². The standard InChI is InChI=1S/C12H13FN2O3S/c1-2-3-6-18-12(17)15-11-14-9-8(16)5-4-7(13)10(9)19-11/h4-5,16H,2-3,6H2,1H3,(H,14,15,17). The van der Waals surface area contributed by atoms with E-state index in [-0.39, 0.29) is 21.1 Å². The molecule has 2 rings (SSSR count). The lowest BCUT2D eigenvalue weighted by molar-refractivity contribution is 0.160. The van der Waals surface area contributed by atoms with E-state index in [9.17, 15) is 14.3 Å². The Labute approximate surface area is 113 Å². The second-order valence-electron chi connectivity index (χ2n) is 3.88. The molecule has 1 aromatic heterocycles. The minimum Gasteiger partial charge on any atom is -0.506 e. The van der Waals surface area contributed by atoms with E-state index in [1.165, 1.54) is 6.07 Å². The Morgan fingerprint density at radius 2 is 2.37 bits per heavy atom. The maximum absolute atomic E-state index is 13.5. The van der Waals surface area contributed by atoms with Gasteiger partial charge in [0, 0.05) is 0 Å². The van der Waals surface area contributed by atoms with Gasteiger partial charge in [0.1, 0.15) is 17.1 Å². The fraction of sp³-hybridized carbons (Fsp3) is 0.333. The molecule has 7 heteroatoms. The molecule has 19 heavy (non-hydrogen) atoms. The normalized spacial score (nSPS) is 10.6. The lowest BCUT2D eigenvalue weighted by Crippen LogP contribution is -2.13. The van der Waals surface area contributed by atoms with Gasteiger partial charge in [0.2, 0.25) is 0 Å². The van der Waals surface area contributed by atoms with E-state index in [0.29, 0.717) is 6.61 Å². The van der Waals surface area contributed by atoms with Crippen molar-refractivity contribution in [3.8, 4) is 5.75 Å². The fourth-order valence-electron chi connectivity index (χ4n) is 1.45. The van der Waals surface area contributed by atoms with Crippen LogP contribution in [0.1, 0.15) is 19.8 Å². The first-order valence-electron chi connectivity index (χ1n) is 5.83. The number of anilines is 1. The largest absolute Gasteiger partial charge is 0.506 e. The zero-order chi connectivity index (χ0) is 13.8. The number of halogens is 1. The maximum Gasteiger partial charge on any atom is 0.413 e. The van der Waals surface area contributed by atoms with Crippen LogP contribution in [0.25, 0.3) is 10.2 Å². The van der Waals surface area contributed by atoms with Crippen LogP contribution < -0.4 is 5.32 Å². The molecule has 0 aliphatic heterocycles. The van der Waals surface area contributed by atoms with Gasteiger partial charge in [0.15, 0.2) is 5.13 Å². The number of unbranched alkanes of at least 4 members (excludes halogenated alkanes) is 1. The minimum atomic E-state index is -0.632. The van der Waals surface area contributed by atoms with Gasteiger partial charge in [-0.15, -0.1) is 0 Å². The molecule has 0 aliphatic carbocycles. The van der Waals surface area contributed by atoms with Gasteiger partial charge in [-0.2, -0.15) is 0 Å². The number of carbonyl (C=O) groups excluding carboxylic acids is 1. The van der Waals surface area contributed by atoms with Crippen molar-refractivity contribution in [3.05, 3.63) is 17.9 Å². The van der Waals surface area contributed by atoms with Gasteiger partial charge < -0.3 is 9.84 Å². The van der Waals surface area contributed by atoms with Crippen LogP contribution in [0.5, 0.6) is 5.75 Å². The molecule has 0 spiro atoms. The van der Waals surface area contributed by atoms with Gasteiger partial charge in [-0.1, -0.05) is 24.7 Å². The first-order chi connectivity index (χ1) is 9.11. The summed E-state index contributed by atoms with van der Waals surface area (Å²) >= 11 is 0.948. The predicted molar refractivity (Wildman–Crippen MR) is 71.1 cm³/mol. The first-order valence-corrected chi connectivity index (χ1v) is 6.65. The first kappa shape index (κ1) is 13.5. The summed E-state index contributed by atoms with van der Waals surface area (Å²) < 4.78 is 18.6. The Kier molecular flexibility index (Phi) is 4.16. The number of phenolic OH excluding ortho intramolecular Hbond substituents is 1. The van der Waals surface area contributed by atoms with Gasteiger partial charge in [-0.25, -0.2) is 14.2 Å². The van der Waals surface area contributed by atoms with Gasteiger partial charge in [0.25, 0.3) is 0 Å². The molecule has 1 amide bonds. The van der Waals surface area contributed by atoms with Crippen molar-refractivity contribution in [1.29, 1.82) is 0 Å². The quantitative estimate of drug-likeness (QED) is 0.843. The SMILES string of the molecule is CCCCOC(=O)Nc1nc2c(O)ccc(F)c2s1. The van der Waals surface area contributed by atoms with E-state index >= 15 is 0 Å². The van der Waals surface area contributed by atoms with Crippen molar-refractivity contribution in [2.45, 2.75) is 19.8 Å². The highest BCUT2D eigenvalue weighted by Crippen LogP contribution is 2.33. The number of ether oxygens (including phenoxy) is 1. The summed E-state index contributed by atoms with van der Waals surface area (Å²) in [5, 5.41) is 12.2. The second kappa shape index (κ2) is 5.83. The molecule has 0 radical (unpaired) electrons. The van der Waals surface area contributed by atoms with Crippen LogP contribution in [0.4, 0.5) is 14.3 Å². The van der Waals surface area contributed by atoms with Gasteiger partial charge in [0.05, 0.1) is 11.3 Å². The minimum absolute atomic E-state index is 0.125. The number of nitrogens with zero attached hydrogens (tertiary/aromatic N) is 1. The summed E-state index contributed by atoms with van der Waals surface area (Å²) in [7, 11) is 0. The number of carbonyl (C=O) groups is 1. The molecule has 2 N–H and O–H groups in total. The van der Waals surface area contributed by atoms with Crippen molar-refractivity contribution < 1.29 is 19.0 Å². The third kappa shape index (κ3) is 3.11. The molecular formula is C12H13FN2O3S. The van der Waals surface area contributed by atoms with E-state index in [4.69, 9.17) is 4.74 Å². The zero-order valence-electron chi connectivity index (χ0n) is 10.3. The number of phenols is 1. The van der Waals surface area contributed by atoms with Crippen LogP contribution in [-0.2, 0) is 4.74 Å². The Morgan fingerprint density at radius 1 is 1.58 bits per heavy atom. The van der Waals surface area contributed by atoms with E-state index in [1.807, 2.05) is 6.92 Å². The maximum atomic E-state index is 13.5. The molecule has 102 valence electrons. The van der Waals surface area contributed by atoms with Crippen LogP contribution in [-0.4, -0.2) is 22.8 Å². The smallest absolute Gasteiger partial charge is 0.413 e. The van der Waals surface area contributed by atoms with Crippen molar-refractivity contribution in [1.82, 2.24) is 4.98 Å². The van der Waals surface area contributed by atoms with Crippen LogP contribution in [0.3, 0.4) is 0 Å². The molecule has 2 aromatic rings. The Morgan fingerprint density at radius 3 is 3.05 bits per heavy atom. The van der Waals surface area contributed by atoms with Crippen LogP contribution in [0.15, 0.2) is 12.1 Å². The Hall–Kier alpha value is -1.89. The molecule has 0 aliphatic rings. The number of amides is 1. The molecule has 0 fully saturated rings. The molecule has 0 saturated heterocycles. The number of thiazole rings is 1. The summed E-state index contributed by atoms with van der Waals surface area (Å²) in [6.07, 6.45) is 1.07.